The van der Waals surface area contributed by atoms with Crippen molar-refractivity contribution in [2.45, 2.75) is 51.3 Å². The molecule has 2 aromatic rings. The molecule has 2 amide bonds. The van der Waals surface area contributed by atoms with Gasteiger partial charge in [0.25, 0.3) is 0 Å². The molecular weight excluding hydrogens is 368 g/mol. The van der Waals surface area contributed by atoms with E-state index in [2.05, 4.69) is 38.2 Å². The Kier molecular flexibility index (Phi) is 6.14. The molecular formula is C23H28N2O2S. The van der Waals surface area contributed by atoms with Gasteiger partial charge in [-0.1, -0.05) is 52.0 Å². The predicted octanol–water partition coefficient (Wildman–Crippen LogP) is 5.50. The highest BCUT2D eigenvalue weighted by atomic mass is 32.2. The lowest BCUT2D eigenvalue weighted by atomic mass is 9.87. The summed E-state index contributed by atoms with van der Waals surface area (Å²) in [6, 6.07) is 16.1. The smallest absolute Gasteiger partial charge is 0.238 e. The zero-order valence-electron chi connectivity index (χ0n) is 17.0. The van der Waals surface area contributed by atoms with Gasteiger partial charge in [0.05, 0.1) is 5.75 Å². The third-order valence-electron chi connectivity index (χ3n) is 4.81. The molecule has 3 rings (SSSR count). The first-order valence-electron chi connectivity index (χ1n) is 9.73. The minimum Gasteiger partial charge on any atom is -0.326 e. The van der Waals surface area contributed by atoms with Crippen molar-refractivity contribution in [2.75, 3.05) is 16.0 Å². The van der Waals surface area contributed by atoms with E-state index in [0.717, 1.165) is 23.4 Å². The lowest BCUT2D eigenvalue weighted by Gasteiger charge is -2.26. The predicted molar refractivity (Wildman–Crippen MR) is 118 cm³/mol. The average molecular weight is 397 g/mol. The number of carbonyl (C=O) groups excluding carboxylic acids is 2. The molecule has 0 spiro atoms. The molecule has 1 heterocycles. The fraction of sp³-hybridized carbons (Fsp3) is 0.391. The molecule has 2 aromatic carbocycles. The minimum atomic E-state index is -0.0870. The molecule has 28 heavy (non-hydrogen) atoms. The molecule has 1 N–H and O–H groups in total. The fourth-order valence-corrected chi connectivity index (χ4v) is 4.46. The summed E-state index contributed by atoms with van der Waals surface area (Å²) in [6.45, 7) is 8.53. The molecule has 0 aliphatic carbocycles. The molecule has 1 unspecified atom stereocenters. The van der Waals surface area contributed by atoms with Crippen LogP contribution in [-0.4, -0.2) is 17.6 Å². The van der Waals surface area contributed by atoms with Gasteiger partial charge in [-0.05, 0) is 47.2 Å². The normalized spacial score (nSPS) is 17.1. The van der Waals surface area contributed by atoms with Crippen molar-refractivity contribution >= 4 is 35.0 Å². The van der Waals surface area contributed by atoms with Gasteiger partial charge in [-0.15, -0.1) is 11.8 Å². The van der Waals surface area contributed by atoms with Crippen molar-refractivity contribution in [3.05, 3.63) is 59.7 Å². The van der Waals surface area contributed by atoms with E-state index in [1.165, 1.54) is 5.56 Å². The number of hydrogen-bond acceptors (Lipinski definition) is 3. The Labute approximate surface area is 171 Å². The minimum absolute atomic E-state index is 0.0180. The van der Waals surface area contributed by atoms with Crippen molar-refractivity contribution in [3.8, 4) is 0 Å². The van der Waals surface area contributed by atoms with Crippen molar-refractivity contribution in [1.29, 1.82) is 0 Å². The van der Waals surface area contributed by atoms with Crippen molar-refractivity contribution in [1.82, 2.24) is 0 Å². The maximum Gasteiger partial charge on any atom is 0.238 e. The Morgan fingerprint density at radius 2 is 1.89 bits per heavy atom. The molecule has 0 radical (unpaired) electrons. The molecule has 0 aromatic heterocycles. The van der Waals surface area contributed by atoms with Crippen LogP contribution in [0.3, 0.4) is 0 Å². The van der Waals surface area contributed by atoms with Crippen LogP contribution >= 0.6 is 11.8 Å². The summed E-state index contributed by atoms with van der Waals surface area (Å²) in [5, 5.41) is 2.86. The SMILES string of the molecule is CCCC(=O)Nc1cccc(C2SCC(=O)N2c2ccc(C(C)(C)C)cc2)c1. The van der Waals surface area contributed by atoms with Gasteiger partial charge >= 0.3 is 0 Å². The summed E-state index contributed by atoms with van der Waals surface area (Å²) in [4.78, 5) is 26.4. The second-order valence-electron chi connectivity index (χ2n) is 8.15. The topological polar surface area (TPSA) is 49.4 Å². The maximum atomic E-state index is 12.6. The van der Waals surface area contributed by atoms with Gasteiger partial charge in [0.2, 0.25) is 11.8 Å². The van der Waals surface area contributed by atoms with E-state index in [1.807, 2.05) is 48.2 Å². The quantitative estimate of drug-likeness (QED) is 0.726. The van der Waals surface area contributed by atoms with E-state index >= 15 is 0 Å². The highest BCUT2D eigenvalue weighted by Crippen LogP contribution is 2.42. The lowest BCUT2D eigenvalue weighted by molar-refractivity contribution is -0.116. The van der Waals surface area contributed by atoms with Crippen molar-refractivity contribution < 1.29 is 9.59 Å². The zero-order chi connectivity index (χ0) is 20.3. The van der Waals surface area contributed by atoms with Crippen molar-refractivity contribution in [2.24, 2.45) is 0 Å². The molecule has 1 aliphatic rings. The van der Waals surface area contributed by atoms with Gasteiger partial charge in [0.15, 0.2) is 0 Å². The number of benzene rings is 2. The molecule has 1 aliphatic heterocycles. The van der Waals surface area contributed by atoms with Gasteiger partial charge in [-0.3, -0.25) is 14.5 Å². The van der Waals surface area contributed by atoms with E-state index in [9.17, 15) is 9.59 Å². The monoisotopic (exact) mass is 396 g/mol. The average Bonchev–Trinajstić information content (AvgIpc) is 3.03. The summed E-state index contributed by atoms with van der Waals surface area (Å²) >= 11 is 1.62. The summed E-state index contributed by atoms with van der Waals surface area (Å²) in [5.41, 5.74) is 4.03. The number of rotatable bonds is 5. The third-order valence-corrected chi connectivity index (χ3v) is 6.02. The van der Waals surface area contributed by atoms with Gasteiger partial charge in [0, 0.05) is 17.8 Å². The van der Waals surface area contributed by atoms with Crippen LogP contribution in [0.4, 0.5) is 11.4 Å². The summed E-state index contributed by atoms with van der Waals surface area (Å²) < 4.78 is 0. The molecule has 148 valence electrons. The van der Waals surface area contributed by atoms with Crippen LogP contribution in [0.2, 0.25) is 0 Å². The molecule has 5 heteroatoms. The van der Waals surface area contributed by atoms with Gasteiger partial charge in [0.1, 0.15) is 5.37 Å². The van der Waals surface area contributed by atoms with Gasteiger partial charge < -0.3 is 5.32 Å². The largest absolute Gasteiger partial charge is 0.326 e. The van der Waals surface area contributed by atoms with Crippen LogP contribution in [0.25, 0.3) is 0 Å². The number of thioether (sulfide) groups is 1. The molecule has 0 saturated carbocycles. The Balaban J connectivity index is 1.85. The number of amides is 2. The number of nitrogens with one attached hydrogen (secondary N) is 1. The molecule has 0 bridgehead atoms. The van der Waals surface area contributed by atoms with E-state index < -0.39 is 0 Å². The van der Waals surface area contributed by atoms with Crippen LogP contribution in [0, 0.1) is 0 Å². The molecule has 1 saturated heterocycles. The first-order valence-corrected chi connectivity index (χ1v) is 10.8. The van der Waals surface area contributed by atoms with Crippen LogP contribution in [-0.2, 0) is 15.0 Å². The highest BCUT2D eigenvalue weighted by Gasteiger charge is 2.34. The molecule has 1 atom stereocenters. The molecule has 4 nitrogen and oxygen atoms in total. The third kappa shape index (κ3) is 4.58. The highest BCUT2D eigenvalue weighted by molar-refractivity contribution is 8.00. The Morgan fingerprint density at radius 1 is 1.18 bits per heavy atom. The van der Waals surface area contributed by atoms with Crippen LogP contribution in [0.1, 0.15) is 57.0 Å². The first-order chi connectivity index (χ1) is 13.3. The summed E-state index contributed by atoms with van der Waals surface area (Å²) in [6.07, 6.45) is 1.32. The summed E-state index contributed by atoms with van der Waals surface area (Å²) in [5.74, 6) is 0.585. The molecule has 1 fully saturated rings. The number of carbonyl (C=O) groups is 2. The first kappa shape index (κ1) is 20.5. The van der Waals surface area contributed by atoms with E-state index in [0.29, 0.717) is 12.2 Å². The van der Waals surface area contributed by atoms with Crippen LogP contribution in [0.15, 0.2) is 48.5 Å². The Hall–Kier alpha value is -2.27. The Bertz CT molecular complexity index is 856. The fourth-order valence-electron chi connectivity index (χ4n) is 3.29. The van der Waals surface area contributed by atoms with Crippen LogP contribution < -0.4 is 10.2 Å². The summed E-state index contributed by atoms with van der Waals surface area (Å²) in [7, 11) is 0. The second kappa shape index (κ2) is 8.39. The van der Waals surface area contributed by atoms with E-state index in [1.54, 1.807) is 11.8 Å². The van der Waals surface area contributed by atoms with E-state index in [4.69, 9.17) is 0 Å². The van der Waals surface area contributed by atoms with Gasteiger partial charge in [-0.25, -0.2) is 0 Å². The lowest BCUT2D eigenvalue weighted by Crippen LogP contribution is -2.28. The van der Waals surface area contributed by atoms with E-state index in [-0.39, 0.29) is 22.6 Å². The number of anilines is 2. The standard InChI is InChI=1S/C23H28N2O2S/c1-5-7-20(26)24-18-9-6-8-16(14-18)22-25(21(27)15-28-22)19-12-10-17(11-13-19)23(2,3)4/h6,8-14,22H,5,7,15H2,1-4H3,(H,24,26). The number of nitrogens with zero attached hydrogens (tertiary/aromatic N) is 1. The second-order valence-corrected chi connectivity index (χ2v) is 9.22. The van der Waals surface area contributed by atoms with Crippen LogP contribution in [0.5, 0.6) is 0 Å². The van der Waals surface area contributed by atoms with Gasteiger partial charge in [-0.2, -0.15) is 0 Å². The zero-order valence-corrected chi connectivity index (χ0v) is 17.8. The Morgan fingerprint density at radius 3 is 2.54 bits per heavy atom. The maximum absolute atomic E-state index is 12.6. The number of hydrogen-bond donors (Lipinski definition) is 1. The van der Waals surface area contributed by atoms with Crippen molar-refractivity contribution in [3.63, 3.8) is 0 Å².